The number of sulfonamides is 1. The van der Waals surface area contributed by atoms with Crippen molar-refractivity contribution in [3.8, 4) is 0 Å². The molecule has 0 atom stereocenters. The molecule has 1 aromatic carbocycles. The van der Waals surface area contributed by atoms with Gasteiger partial charge in [0.15, 0.2) is 5.82 Å². The topological polar surface area (TPSA) is 97.1 Å². The predicted molar refractivity (Wildman–Crippen MR) is 75.1 cm³/mol. The maximum atomic E-state index is 12.3. The fourth-order valence-electron chi connectivity index (χ4n) is 1.62. The van der Waals surface area contributed by atoms with Crippen molar-refractivity contribution < 1.29 is 12.9 Å². The monoisotopic (exact) mass is 296 g/mol. The molecule has 1 heterocycles. The van der Waals surface area contributed by atoms with Crippen molar-refractivity contribution in [3.05, 3.63) is 30.1 Å². The second-order valence-corrected chi connectivity index (χ2v) is 5.83. The maximum Gasteiger partial charge on any atom is 0.335 e. The van der Waals surface area contributed by atoms with Crippen LogP contribution < -0.4 is 10.0 Å². The first-order valence-electron chi connectivity index (χ1n) is 6.19. The third kappa shape index (κ3) is 3.27. The van der Waals surface area contributed by atoms with E-state index < -0.39 is 10.0 Å². The molecule has 0 aliphatic heterocycles. The minimum atomic E-state index is -3.77. The Labute approximate surface area is 117 Å². The molecule has 0 spiro atoms. The van der Waals surface area contributed by atoms with Gasteiger partial charge in [-0.1, -0.05) is 24.2 Å². The van der Waals surface area contributed by atoms with E-state index in [0.717, 1.165) is 6.42 Å². The van der Waals surface area contributed by atoms with Crippen molar-refractivity contribution in [3.63, 3.8) is 0 Å². The Morgan fingerprint density at radius 1 is 1.30 bits per heavy atom. The van der Waals surface area contributed by atoms with Crippen molar-refractivity contribution >= 4 is 21.7 Å². The van der Waals surface area contributed by atoms with Crippen molar-refractivity contribution in [2.24, 2.45) is 0 Å². The van der Waals surface area contributed by atoms with E-state index in [1.807, 2.05) is 6.92 Å². The lowest BCUT2D eigenvalue weighted by Crippen LogP contribution is -2.16. The molecule has 0 radical (unpaired) electrons. The largest absolute Gasteiger partial charge is 0.384 e. The van der Waals surface area contributed by atoms with Crippen LogP contribution in [0.1, 0.15) is 19.2 Å². The standard InChI is InChI=1S/C12H16N4O3S/c1-3-8-13-10-6-4-5-7-11(10)20(17,18)16-12-14-9(2)15-19-12/h4-7,13H,3,8H2,1-2H3,(H,14,15,16). The maximum absolute atomic E-state index is 12.3. The van der Waals surface area contributed by atoms with Gasteiger partial charge in [0.1, 0.15) is 4.90 Å². The Morgan fingerprint density at radius 2 is 2.05 bits per heavy atom. The predicted octanol–water partition coefficient (Wildman–Crippen LogP) is 2.00. The minimum absolute atomic E-state index is 0.143. The van der Waals surface area contributed by atoms with E-state index in [4.69, 9.17) is 4.52 Å². The molecule has 2 aromatic rings. The first kappa shape index (κ1) is 14.3. The molecule has 0 saturated heterocycles. The Morgan fingerprint density at radius 3 is 2.70 bits per heavy atom. The molecular weight excluding hydrogens is 280 g/mol. The highest BCUT2D eigenvalue weighted by atomic mass is 32.2. The number of benzene rings is 1. The van der Waals surface area contributed by atoms with Crippen LogP contribution in [-0.4, -0.2) is 25.1 Å². The van der Waals surface area contributed by atoms with Crippen LogP contribution in [0, 0.1) is 6.92 Å². The van der Waals surface area contributed by atoms with E-state index in [0.29, 0.717) is 18.1 Å². The summed E-state index contributed by atoms with van der Waals surface area (Å²) in [4.78, 5) is 3.97. The van der Waals surface area contributed by atoms with E-state index in [1.165, 1.54) is 6.07 Å². The molecule has 1 aromatic heterocycles. The zero-order valence-corrected chi connectivity index (χ0v) is 12.1. The van der Waals surface area contributed by atoms with Gasteiger partial charge in [-0.2, -0.15) is 4.98 Å². The zero-order chi connectivity index (χ0) is 14.6. The van der Waals surface area contributed by atoms with Gasteiger partial charge in [0.05, 0.1) is 5.69 Å². The molecule has 8 heteroatoms. The average molecular weight is 296 g/mol. The normalized spacial score (nSPS) is 11.3. The van der Waals surface area contributed by atoms with E-state index in [1.54, 1.807) is 25.1 Å². The number of rotatable bonds is 6. The number of aromatic nitrogens is 2. The van der Waals surface area contributed by atoms with Crippen molar-refractivity contribution in [2.75, 3.05) is 16.6 Å². The lowest BCUT2D eigenvalue weighted by Gasteiger charge is -2.11. The lowest BCUT2D eigenvalue weighted by molar-refractivity contribution is 0.429. The van der Waals surface area contributed by atoms with E-state index in [9.17, 15) is 8.42 Å². The van der Waals surface area contributed by atoms with Crippen molar-refractivity contribution in [2.45, 2.75) is 25.2 Å². The van der Waals surface area contributed by atoms with Crippen molar-refractivity contribution in [1.82, 2.24) is 10.1 Å². The zero-order valence-electron chi connectivity index (χ0n) is 11.3. The Kier molecular flexibility index (Phi) is 4.23. The highest BCUT2D eigenvalue weighted by Crippen LogP contribution is 2.22. The van der Waals surface area contributed by atoms with Gasteiger partial charge in [-0.15, -0.1) is 0 Å². The molecule has 0 aliphatic carbocycles. The third-order valence-corrected chi connectivity index (χ3v) is 3.87. The summed E-state index contributed by atoms with van der Waals surface area (Å²) >= 11 is 0. The van der Waals surface area contributed by atoms with Gasteiger partial charge in [-0.05, 0) is 25.5 Å². The second kappa shape index (κ2) is 5.91. The SMILES string of the molecule is CCCNc1ccccc1S(=O)(=O)Nc1nc(C)no1. The van der Waals surface area contributed by atoms with Crippen LogP contribution in [0.4, 0.5) is 11.7 Å². The highest BCUT2D eigenvalue weighted by Gasteiger charge is 2.20. The smallest absolute Gasteiger partial charge is 0.335 e. The number of hydrogen-bond donors (Lipinski definition) is 2. The molecular formula is C12H16N4O3S. The van der Waals surface area contributed by atoms with Gasteiger partial charge in [-0.3, -0.25) is 0 Å². The van der Waals surface area contributed by atoms with Gasteiger partial charge in [0, 0.05) is 6.54 Å². The van der Waals surface area contributed by atoms with Gasteiger partial charge in [-0.25, -0.2) is 13.1 Å². The van der Waals surface area contributed by atoms with Crippen molar-refractivity contribution in [1.29, 1.82) is 0 Å². The summed E-state index contributed by atoms with van der Waals surface area (Å²) in [5, 5.41) is 6.61. The summed E-state index contributed by atoms with van der Waals surface area (Å²) in [6.07, 6.45) is 0.894. The molecule has 0 unspecified atom stereocenters. The molecule has 0 bridgehead atoms. The summed E-state index contributed by atoms with van der Waals surface area (Å²) in [7, 11) is -3.77. The molecule has 108 valence electrons. The first-order valence-corrected chi connectivity index (χ1v) is 7.67. The quantitative estimate of drug-likeness (QED) is 0.846. The molecule has 0 fully saturated rings. The van der Waals surface area contributed by atoms with Crippen LogP contribution >= 0.6 is 0 Å². The number of para-hydroxylation sites is 1. The Balaban J connectivity index is 2.29. The molecule has 7 nitrogen and oxygen atoms in total. The number of aryl methyl sites for hydroxylation is 1. The van der Waals surface area contributed by atoms with E-state index in [2.05, 4.69) is 20.2 Å². The number of nitrogens with zero attached hydrogens (tertiary/aromatic N) is 2. The molecule has 0 saturated carbocycles. The molecule has 0 amide bonds. The second-order valence-electron chi connectivity index (χ2n) is 4.18. The number of anilines is 2. The summed E-state index contributed by atoms with van der Waals surface area (Å²) in [5.41, 5.74) is 0.540. The summed E-state index contributed by atoms with van der Waals surface area (Å²) in [6.45, 7) is 4.30. The lowest BCUT2D eigenvalue weighted by atomic mass is 10.3. The first-order chi connectivity index (χ1) is 9.53. The molecule has 20 heavy (non-hydrogen) atoms. The molecule has 2 rings (SSSR count). The van der Waals surface area contributed by atoms with E-state index >= 15 is 0 Å². The summed E-state index contributed by atoms with van der Waals surface area (Å²) in [6, 6.07) is 6.51. The number of nitrogens with one attached hydrogen (secondary N) is 2. The van der Waals surface area contributed by atoms with Crippen LogP contribution in [0.5, 0.6) is 0 Å². The highest BCUT2D eigenvalue weighted by molar-refractivity contribution is 7.92. The van der Waals surface area contributed by atoms with Gasteiger partial charge < -0.3 is 9.84 Å². The Bertz CT molecular complexity index is 682. The summed E-state index contributed by atoms with van der Waals surface area (Å²) in [5.74, 6) is 0.361. The number of hydrogen-bond acceptors (Lipinski definition) is 6. The third-order valence-electron chi connectivity index (χ3n) is 2.49. The van der Waals surface area contributed by atoms with Crippen LogP contribution in [0.25, 0.3) is 0 Å². The fourth-order valence-corrected chi connectivity index (χ4v) is 2.73. The van der Waals surface area contributed by atoms with Crippen LogP contribution in [0.15, 0.2) is 33.7 Å². The molecule has 2 N–H and O–H groups in total. The van der Waals surface area contributed by atoms with Gasteiger partial charge in [0.25, 0.3) is 10.0 Å². The minimum Gasteiger partial charge on any atom is -0.384 e. The van der Waals surface area contributed by atoms with Crippen LogP contribution in [-0.2, 0) is 10.0 Å². The summed E-state index contributed by atoms with van der Waals surface area (Å²) < 4.78 is 31.7. The fraction of sp³-hybridized carbons (Fsp3) is 0.333. The van der Waals surface area contributed by atoms with Gasteiger partial charge >= 0.3 is 6.01 Å². The Hall–Kier alpha value is -2.09. The van der Waals surface area contributed by atoms with E-state index in [-0.39, 0.29) is 10.9 Å². The average Bonchev–Trinajstić information content (AvgIpc) is 2.81. The van der Waals surface area contributed by atoms with Crippen LogP contribution in [0.2, 0.25) is 0 Å². The molecule has 0 aliphatic rings. The van der Waals surface area contributed by atoms with Crippen LogP contribution in [0.3, 0.4) is 0 Å². The van der Waals surface area contributed by atoms with Gasteiger partial charge in [0.2, 0.25) is 0 Å².